The predicted molar refractivity (Wildman–Crippen MR) is 45.9 cm³/mol. The third kappa shape index (κ3) is 2.55. The summed E-state index contributed by atoms with van der Waals surface area (Å²) in [4.78, 5) is 0. The minimum atomic E-state index is 0.698. The van der Waals surface area contributed by atoms with Crippen LogP contribution in [-0.4, -0.2) is 16.3 Å². The van der Waals surface area contributed by atoms with Gasteiger partial charge in [0, 0.05) is 13.2 Å². The fourth-order valence-electron chi connectivity index (χ4n) is 0.822. The maximum absolute atomic E-state index is 5.32. The monoisotopic (exact) mass is 151 g/mol. The van der Waals surface area contributed by atoms with E-state index in [1.54, 1.807) is 4.68 Å². The minimum absolute atomic E-state index is 0.698. The van der Waals surface area contributed by atoms with Crippen molar-refractivity contribution in [3.63, 3.8) is 0 Å². The topological polar surface area (TPSA) is 43.8 Å². The van der Waals surface area contributed by atoms with Gasteiger partial charge >= 0.3 is 0 Å². The van der Waals surface area contributed by atoms with Crippen molar-refractivity contribution >= 4 is 6.08 Å². The number of aryl methyl sites for hydroxylation is 1. The Kier molecular flexibility index (Phi) is 2.86. The maximum atomic E-state index is 5.32. The molecule has 2 N–H and O–H groups in total. The molecule has 0 saturated carbocycles. The van der Waals surface area contributed by atoms with Crippen LogP contribution in [0.3, 0.4) is 0 Å². The summed E-state index contributed by atoms with van der Waals surface area (Å²) in [5, 5.41) is 4.17. The first kappa shape index (κ1) is 8.01. The van der Waals surface area contributed by atoms with E-state index in [1.165, 1.54) is 0 Å². The lowest BCUT2D eigenvalue weighted by molar-refractivity contribution is 0.764. The first-order chi connectivity index (χ1) is 5.33. The highest BCUT2D eigenvalue weighted by molar-refractivity contribution is 5.43. The number of nitrogens with two attached hydrogens (primary N) is 1. The van der Waals surface area contributed by atoms with Crippen molar-refractivity contribution in [2.45, 2.75) is 6.42 Å². The van der Waals surface area contributed by atoms with E-state index in [4.69, 9.17) is 5.73 Å². The van der Waals surface area contributed by atoms with Gasteiger partial charge in [0.05, 0.1) is 5.69 Å². The van der Waals surface area contributed by atoms with Crippen LogP contribution in [0.5, 0.6) is 0 Å². The summed E-state index contributed by atoms with van der Waals surface area (Å²) in [5.41, 5.74) is 6.31. The lowest BCUT2D eigenvalue weighted by atomic mass is 10.3. The van der Waals surface area contributed by atoms with E-state index in [1.807, 2.05) is 31.5 Å². The van der Waals surface area contributed by atoms with Gasteiger partial charge in [-0.2, -0.15) is 5.10 Å². The van der Waals surface area contributed by atoms with Crippen molar-refractivity contribution in [2.75, 3.05) is 6.54 Å². The summed E-state index contributed by atoms with van der Waals surface area (Å²) >= 11 is 0. The molecule has 0 radical (unpaired) electrons. The largest absolute Gasteiger partial charge is 0.330 e. The standard InChI is InChI=1S/C8H13N3/c1-11-7-5-8(10-11)4-2-3-6-9/h2,4-5,7H,3,6,9H2,1H3/b4-2+. The molecular formula is C8H13N3. The van der Waals surface area contributed by atoms with Crippen LogP contribution in [0.4, 0.5) is 0 Å². The van der Waals surface area contributed by atoms with Gasteiger partial charge in [0.25, 0.3) is 0 Å². The van der Waals surface area contributed by atoms with Gasteiger partial charge in [0.2, 0.25) is 0 Å². The molecular weight excluding hydrogens is 138 g/mol. The average molecular weight is 151 g/mol. The molecule has 3 heteroatoms. The molecule has 1 rings (SSSR count). The lowest BCUT2D eigenvalue weighted by Crippen LogP contribution is -1.95. The number of hydrogen-bond donors (Lipinski definition) is 1. The molecule has 1 aromatic heterocycles. The normalized spacial score (nSPS) is 11.1. The van der Waals surface area contributed by atoms with E-state index < -0.39 is 0 Å². The van der Waals surface area contributed by atoms with Crippen LogP contribution in [0.2, 0.25) is 0 Å². The molecule has 1 aromatic rings. The zero-order chi connectivity index (χ0) is 8.10. The van der Waals surface area contributed by atoms with Crippen molar-refractivity contribution < 1.29 is 0 Å². The number of nitrogens with zero attached hydrogens (tertiary/aromatic N) is 2. The highest BCUT2D eigenvalue weighted by Gasteiger charge is 1.87. The predicted octanol–water partition coefficient (Wildman–Crippen LogP) is 0.782. The Hall–Kier alpha value is -1.09. The molecule has 3 nitrogen and oxygen atoms in total. The molecule has 0 amide bonds. The fraction of sp³-hybridized carbons (Fsp3) is 0.375. The maximum Gasteiger partial charge on any atom is 0.0847 e. The van der Waals surface area contributed by atoms with Gasteiger partial charge in [-0.3, -0.25) is 4.68 Å². The van der Waals surface area contributed by atoms with Crippen LogP contribution in [0.25, 0.3) is 6.08 Å². The van der Waals surface area contributed by atoms with E-state index in [0.717, 1.165) is 12.1 Å². The van der Waals surface area contributed by atoms with Gasteiger partial charge in [0.15, 0.2) is 0 Å². The molecule has 0 bridgehead atoms. The Morgan fingerprint density at radius 2 is 2.55 bits per heavy atom. The lowest BCUT2D eigenvalue weighted by Gasteiger charge is -1.85. The number of aromatic nitrogens is 2. The summed E-state index contributed by atoms with van der Waals surface area (Å²) < 4.78 is 1.78. The second kappa shape index (κ2) is 3.93. The molecule has 0 fully saturated rings. The van der Waals surface area contributed by atoms with E-state index in [9.17, 15) is 0 Å². The average Bonchev–Trinajstić information content (AvgIpc) is 2.37. The number of rotatable bonds is 3. The van der Waals surface area contributed by atoms with Crippen LogP contribution in [-0.2, 0) is 7.05 Å². The Morgan fingerprint density at radius 1 is 1.73 bits per heavy atom. The van der Waals surface area contributed by atoms with Crippen molar-refractivity contribution in [3.05, 3.63) is 24.0 Å². The fourth-order valence-corrected chi connectivity index (χ4v) is 0.822. The van der Waals surface area contributed by atoms with Crippen molar-refractivity contribution in [1.29, 1.82) is 0 Å². The SMILES string of the molecule is Cn1ccc(/C=C/CCN)n1. The van der Waals surface area contributed by atoms with E-state index in [2.05, 4.69) is 5.10 Å². The second-order valence-corrected chi connectivity index (χ2v) is 2.39. The molecule has 1 heterocycles. The summed E-state index contributed by atoms with van der Waals surface area (Å²) in [6, 6.07) is 1.97. The smallest absolute Gasteiger partial charge is 0.0847 e. The first-order valence-corrected chi connectivity index (χ1v) is 3.69. The van der Waals surface area contributed by atoms with Crippen LogP contribution in [0.1, 0.15) is 12.1 Å². The molecule has 60 valence electrons. The molecule has 0 unspecified atom stereocenters. The van der Waals surface area contributed by atoms with Gasteiger partial charge in [-0.15, -0.1) is 0 Å². The first-order valence-electron chi connectivity index (χ1n) is 3.69. The molecule has 0 atom stereocenters. The van der Waals surface area contributed by atoms with Gasteiger partial charge in [-0.25, -0.2) is 0 Å². The molecule has 0 aliphatic rings. The van der Waals surface area contributed by atoms with Gasteiger partial charge in [0.1, 0.15) is 0 Å². The zero-order valence-electron chi connectivity index (χ0n) is 6.70. The van der Waals surface area contributed by atoms with Crippen LogP contribution < -0.4 is 5.73 Å². The van der Waals surface area contributed by atoms with Crippen LogP contribution in [0, 0.1) is 0 Å². The molecule has 0 aliphatic heterocycles. The Labute approximate surface area is 66.5 Å². The third-order valence-corrected chi connectivity index (χ3v) is 1.36. The van der Waals surface area contributed by atoms with Crippen LogP contribution >= 0.6 is 0 Å². The Bertz CT molecular complexity index is 237. The molecule has 0 saturated heterocycles. The van der Waals surface area contributed by atoms with Crippen molar-refractivity contribution in [2.24, 2.45) is 12.8 Å². The van der Waals surface area contributed by atoms with E-state index in [-0.39, 0.29) is 0 Å². The molecule has 11 heavy (non-hydrogen) atoms. The second-order valence-electron chi connectivity index (χ2n) is 2.39. The van der Waals surface area contributed by atoms with Crippen molar-refractivity contribution in [1.82, 2.24) is 9.78 Å². The Balaban J connectivity index is 2.50. The minimum Gasteiger partial charge on any atom is -0.330 e. The third-order valence-electron chi connectivity index (χ3n) is 1.36. The summed E-state index contributed by atoms with van der Waals surface area (Å²) in [7, 11) is 1.90. The van der Waals surface area contributed by atoms with Crippen LogP contribution in [0.15, 0.2) is 18.3 Å². The highest BCUT2D eigenvalue weighted by atomic mass is 15.2. The van der Waals surface area contributed by atoms with Gasteiger partial charge in [-0.05, 0) is 25.1 Å². The Morgan fingerprint density at radius 3 is 3.09 bits per heavy atom. The van der Waals surface area contributed by atoms with Gasteiger partial charge < -0.3 is 5.73 Å². The molecule has 0 aromatic carbocycles. The highest BCUT2D eigenvalue weighted by Crippen LogP contribution is 1.97. The number of hydrogen-bond acceptors (Lipinski definition) is 2. The van der Waals surface area contributed by atoms with Crippen molar-refractivity contribution in [3.8, 4) is 0 Å². The summed E-state index contributed by atoms with van der Waals surface area (Å²) in [5.74, 6) is 0. The summed E-state index contributed by atoms with van der Waals surface area (Å²) in [6.45, 7) is 0.698. The van der Waals surface area contributed by atoms with E-state index in [0.29, 0.717) is 6.54 Å². The van der Waals surface area contributed by atoms with E-state index >= 15 is 0 Å². The van der Waals surface area contributed by atoms with Gasteiger partial charge in [-0.1, -0.05) is 6.08 Å². The zero-order valence-corrected chi connectivity index (χ0v) is 6.70. The summed E-state index contributed by atoms with van der Waals surface area (Å²) in [6.07, 6.45) is 6.84. The molecule has 0 spiro atoms. The quantitative estimate of drug-likeness (QED) is 0.693. The molecule has 0 aliphatic carbocycles.